The fourth-order valence-corrected chi connectivity index (χ4v) is 2.46. The molecule has 0 saturated heterocycles. The lowest BCUT2D eigenvalue weighted by atomic mass is 9.98. The first kappa shape index (κ1) is 13.3. The quantitative estimate of drug-likeness (QED) is 0.862. The van der Waals surface area contributed by atoms with Crippen LogP contribution in [0, 0.1) is 16.6 Å². The highest BCUT2D eigenvalue weighted by molar-refractivity contribution is 7.71. The van der Waals surface area contributed by atoms with Gasteiger partial charge in [-0.05, 0) is 30.5 Å². The molecule has 0 aliphatic rings. The van der Waals surface area contributed by atoms with Crippen molar-refractivity contribution in [3.05, 3.63) is 10.5 Å². The van der Waals surface area contributed by atoms with E-state index in [1.807, 2.05) is 11.7 Å². The van der Waals surface area contributed by atoms with Crippen molar-refractivity contribution >= 4 is 23.4 Å². The Morgan fingerprint density at radius 1 is 1.33 bits per heavy atom. The first-order chi connectivity index (χ1) is 8.45. The van der Waals surface area contributed by atoms with Crippen LogP contribution in [-0.2, 0) is 20.0 Å². The van der Waals surface area contributed by atoms with Crippen molar-refractivity contribution in [1.29, 1.82) is 0 Å². The van der Waals surface area contributed by atoms with E-state index in [0.717, 1.165) is 34.6 Å². The van der Waals surface area contributed by atoms with Crippen molar-refractivity contribution < 1.29 is 0 Å². The summed E-state index contributed by atoms with van der Waals surface area (Å²) in [6.07, 6.45) is 0.923. The second kappa shape index (κ2) is 4.88. The first-order valence-corrected chi connectivity index (χ1v) is 7.00. The van der Waals surface area contributed by atoms with Crippen LogP contribution >= 0.6 is 12.2 Å². The third kappa shape index (κ3) is 2.11. The third-order valence-electron chi connectivity index (χ3n) is 3.77. The summed E-state index contributed by atoms with van der Waals surface area (Å²) in [7, 11) is 1.99. The molecule has 1 unspecified atom stereocenters. The molecule has 0 spiro atoms. The number of imidazole rings is 1. The summed E-state index contributed by atoms with van der Waals surface area (Å²) in [4.78, 5) is 3.31. The fraction of sp³-hybridized carbons (Fsp3) is 0.692. The van der Waals surface area contributed by atoms with E-state index >= 15 is 0 Å². The van der Waals surface area contributed by atoms with E-state index in [2.05, 4.69) is 42.3 Å². The van der Waals surface area contributed by atoms with Crippen molar-refractivity contribution in [2.24, 2.45) is 18.9 Å². The van der Waals surface area contributed by atoms with Gasteiger partial charge in [0.2, 0.25) is 0 Å². The second-order valence-electron chi connectivity index (χ2n) is 5.38. The van der Waals surface area contributed by atoms with Gasteiger partial charge in [-0.2, -0.15) is 5.10 Å². The van der Waals surface area contributed by atoms with Gasteiger partial charge in [-0.3, -0.25) is 4.68 Å². The molecule has 2 aromatic rings. The Bertz CT molecular complexity index is 602. The summed E-state index contributed by atoms with van der Waals surface area (Å²) in [5.41, 5.74) is 3.31. The number of nitrogens with one attached hydrogen (secondary N) is 1. The van der Waals surface area contributed by atoms with Crippen LogP contribution in [0.4, 0.5) is 0 Å². The molecule has 0 aliphatic carbocycles. The maximum absolute atomic E-state index is 5.45. The van der Waals surface area contributed by atoms with Gasteiger partial charge in [0, 0.05) is 13.6 Å². The molecular weight excluding hydrogens is 244 g/mol. The molecule has 1 N–H and O–H groups in total. The molecule has 0 bridgehead atoms. The standard InChI is InChI=1S/C13H22N4S/c1-6-10-11-12(16(5)15-10)17(13(18)14-11)7-9(4)8(2)3/h8-9H,6-7H2,1-5H3,(H,14,18). The Morgan fingerprint density at radius 3 is 2.56 bits per heavy atom. The van der Waals surface area contributed by atoms with Gasteiger partial charge in [0.15, 0.2) is 10.4 Å². The predicted molar refractivity (Wildman–Crippen MR) is 77.3 cm³/mol. The Kier molecular flexibility index (Phi) is 3.61. The smallest absolute Gasteiger partial charge is 0.179 e. The van der Waals surface area contributed by atoms with Crippen LogP contribution in [0.2, 0.25) is 0 Å². The fourth-order valence-electron chi connectivity index (χ4n) is 2.19. The number of H-pyrrole nitrogens is 1. The van der Waals surface area contributed by atoms with Crippen LogP contribution < -0.4 is 0 Å². The largest absolute Gasteiger partial charge is 0.328 e. The van der Waals surface area contributed by atoms with Crippen LogP contribution in [0.5, 0.6) is 0 Å². The van der Waals surface area contributed by atoms with E-state index in [0.29, 0.717) is 11.8 Å². The number of hydrogen-bond acceptors (Lipinski definition) is 2. The Morgan fingerprint density at radius 2 is 2.00 bits per heavy atom. The van der Waals surface area contributed by atoms with Gasteiger partial charge in [-0.1, -0.05) is 27.7 Å². The zero-order valence-corrected chi connectivity index (χ0v) is 12.6. The number of fused-ring (bicyclic) bond motifs is 1. The first-order valence-electron chi connectivity index (χ1n) is 6.60. The molecule has 18 heavy (non-hydrogen) atoms. The lowest BCUT2D eigenvalue weighted by molar-refractivity contribution is 0.365. The number of aromatic nitrogens is 4. The lowest BCUT2D eigenvalue weighted by Crippen LogP contribution is -2.14. The van der Waals surface area contributed by atoms with Gasteiger partial charge < -0.3 is 9.55 Å². The van der Waals surface area contributed by atoms with Gasteiger partial charge in [0.25, 0.3) is 0 Å². The van der Waals surface area contributed by atoms with E-state index in [9.17, 15) is 0 Å². The average Bonchev–Trinajstić information content (AvgIpc) is 2.78. The van der Waals surface area contributed by atoms with Crippen molar-refractivity contribution in [3.63, 3.8) is 0 Å². The van der Waals surface area contributed by atoms with E-state index in [1.54, 1.807) is 0 Å². The zero-order chi connectivity index (χ0) is 13.4. The van der Waals surface area contributed by atoms with Gasteiger partial charge in [0.1, 0.15) is 5.52 Å². The minimum atomic E-state index is 0.593. The summed E-state index contributed by atoms with van der Waals surface area (Å²) in [6, 6.07) is 0. The Balaban J connectivity index is 2.53. The van der Waals surface area contributed by atoms with Gasteiger partial charge >= 0.3 is 0 Å². The number of aryl methyl sites for hydroxylation is 2. The van der Waals surface area contributed by atoms with Crippen LogP contribution in [0.15, 0.2) is 0 Å². The van der Waals surface area contributed by atoms with E-state index in [4.69, 9.17) is 12.2 Å². The van der Waals surface area contributed by atoms with E-state index in [1.165, 1.54) is 0 Å². The molecule has 1 atom stereocenters. The minimum Gasteiger partial charge on any atom is -0.328 e. The SMILES string of the molecule is CCc1nn(C)c2c1[nH]c(=S)n2CC(C)C(C)C. The molecule has 2 rings (SSSR count). The van der Waals surface area contributed by atoms with Gasteiger partial charge in [-0.15, -0.1) is 0 Å². The minimum absolute atomic E-state index is 0.593. The molecule has 0 aromatic carbocycles. The molecule has 2 aromatic heterocycles. The van der Waals surface area contributed by atoms with Gasteiger partial charge in [0.05, 0.1) is 5.69 Å². The highest BCUT2D eigenvalue weighted by atomic mass is 32.1. The highest BCUT2D eigenvalue weighted by Gasteiger charge is 2.16. The molecular formula is C13H22N4S. The van der Waals surface area contributed by atoms with Crippen LogP contribution in [0.3, 0.4) is 0 Å². The Hall–Kier alpha value is -1.10. The third-order valence-corrected chi connectivity index (χ3v) is 4.09. The zero-order valence-electron chi connectivity index (χ0n) is 11.8. The molecule has 0 fully saturated rings. The average molecular weight is 266 g/mol. The molecule has 0 saturated carbocycles. The van der Waals surface area contributed by atoms with Crippen LogP contribution in [0.1, 0.15) is 33.4 Å². The van der Waals surface area contributed by atoms with Crippen molar-refractivity contribution in [1.82, 2.24) is 19.3 Å². The topological polar surface area (TPSA) is 38.5 Å². The summed E-state index contributed by atoms with van der Waals surface area (Å²) in [5, 5.41) is 4.54. The van der Waals surface area contributed by atoms with E-state index < -0.39 is 0 Å². The molecule has 5 heteroatoms. The lowest BCUT2D eigenvalue weighted by Gasteiger charge is -2.16. The second-order valence-corrected chi connectivity index (χ2v) is 5.77. The molecule has 4 nitrogen and oxygen atoms in total. The summed E-state index contributed by atoms with van der Waals surface area (Å²) in [5.74, 6) is 1.24. The number of aromatic amines is 1. The summed E-state index contributed by atoms with van der Waals surface area (Å²) in [6.45, 7) is 9.83. The molecule has 0 amide bonds. The van der Waals surface area contributed by atoms with E-state index in [-0.39, 0.29) is 0 Å². The normalized spacial score (nSPS) is 13.7. The number of hydrogen-bond donors (Lipinski definition) is 1. The highest BCUT2D eigenvalue weighted by Crippen LogP contribution is 2.21. The maximum Gasteiger partial charge on any atom is 0.179 e. The molecule has 0 aliphatic heterocycles. The van der Waals surface area contributed by atoms with Crippen molar-refractivity contribution in [3.8, 4) is 0 Å². The van der Waals surface area contributed by atoms with Crippen molar-refractivity contribution in [2.75, 3.05) is 0 Å². The van der Waals surface area contributed by atoms with Crippen LogP contribution in [0.25, 0.3) is 11.2 Å². The summed E-state index contributed by atoms with van der Waals surface area (Å²) >= 11 is 5.45. The Labute approximate surface area is 113 Å². The molecule has 0 radical (unpaired) electrons. The molecule has 100 valence electrons. The maximum atomic E-state index is 5.45. The summed E-state index contributed by atoms with van der Waals surface area (Å²) < 4.78 is 4.93. The predicted octanol–water partition coefficient (Wildman–Crippen LogP) is 3.29. The van der Waals surface area contributed by atoms with Crippen molar-refractivity contribution in [2.45, 2.75) is 40.7 Å². The number of nitrogens with zero attached hydrogens (tertiary/aromatic N) is 3. The van der Waals surface area contributed by atoms with Gasteiger partial charge in [-0.25, -0.2) is 0 Å². The number of rotatable bonds is 4. The van der Waals surface area contributed by atoms with Crippen LogP contribution in [-0.4, -0.2) is 19.3 Å². The monoisotopic (exact) mass is 266 g/mol. The molecule has 2 heterocycles.